The summed E-state index contributed by atoms with van der Waals surface area (Å²) in [4.78, 5) is 13.9. The Kier molecular flexibility index (Phi) is 6.30. The van der Waals surface area contributed by atoms with Crippen LogP contribution in [-0.4, -0.2) is 36.7 Å². The van der Waals surface area contributed by atoms with E-state index in [1.165, 1.54) is 0 Å². The molecule has 2 rings (SSSR count). The van der Waals surface area contributed by atoms with E-state index < -0.39 is 12.1 Å². The molecular weight excluding hydrogens is 422 g/mol. The van der Waals surface area contributed by atoms with Crippen LogP contribution in [0.15, 0.2) is 18.2 Å². The lowest BCUT2D eigenvalue weighted by atomic mass is 9.96. The van der Waals surface area contributed by atoms with E-state index in [0.717, 1.165) is 9.13 Å². The molecule has 0 unspecified atom stereocenters. The van der Waals surface area contributed by atoms with Crippen molar-refractivity contribution in [3.05, 3.63) is 32.9 Å². The summed E-state index contributed by atoms with van der Waals surface area (Å²) in [6.45, 7) is 3.45. The topological polar surface area (TPSA) is 29.5 Å². The molecule has 1 heterocycles. The maximum atomic E-state index is 12.7. The summed E-state index contributed by atoms with van der Waals surface area (Å²) in [5, 5.41) is 0. The Bertz CT molecular complexity index is 555. The Morgan fingerprint density at radius 2 is 2.00 bits per heavy atom. The molecule has 0 aromatic heterocycles. The molecule has 1 aliphatic rings. The van der Waals surface area contributed by atoms with E-state index in [1.54, 1.807) is 19.1 Å². The molecule has 1 saturated heterocycles. The van der Waals surface area contributed by atoms with Crippen LogP contribution in [0.4, 0.5) is 13.2 Å². The molecule has 0 atom stereocenters. The minimum Gasteiger partial charge on any atom is -0.462 e. The molecule has 1 aromatic carbocycles. The summed E-state index contributed by atoms with van der Waals surface area (Å²) < 4.78 is 43.9. The molecule has 0 bridgehead atoms. The highest BCUT2D eigenvalue weighted by molar-refractivity contribution is 14.1. The zero-order valence-electron chi connectivity index (χ0n) is 12.8. The van der Waals surface area contributed by atoms with Gasteiger partial charge in [0.25, 0.3) is 0 Å². The zero-order chi connectivity index (χ0) is 17.0. The van der Waals surface area contributed by atoms with Gasteiger partial charge in [0, 0.05) is 10.1 Å². The molecule has 0 N–H and O–H groups in total. The van der Waals surface area contributed by atoms with Crippen LogP contribution in [0, 0.1) is 9.49 Å². The molecule has 128 valence electrons. The molecule has 0 amide bonds. The average molecular weight is 441 g/mol. The molecule has 1 fully saturated rings. The Morgan fingerprint density at radius 3 is 2.57 bits per heavy atom. The lowest BCUT2D eigenvalue weighted by Gasteiger charge is -2.33. The SMILES string of the molecule is CCOC(=O)c1cccc(CN2CCC(C(F)(F)F)CC2)c1I. The van der Waals surface area contributed by atoms with E-state index >= 15 is 0 Å². The lowest BCUT2D eigenvalue weighted by molar-refractivity contribution is -0.185. The highest BCUT2D eigenvalue weighted by Gasteiger charge is 2.41. The second-order valence-corrected chi connectivity index (χ2v) is 6.67. The monoisotopic (exact) mass is 441 g/mol. The second kappa shape index (κ2) is 7.83. The first-order valence-corrected chi connectivity index (χ1v) is 8.64. The molecule has 23 heavy (non-hydrogen) atoms. The number of carbonyl (C=O) groups excluding carboxylic acids is 1. The molecule has 3 nitrogen and oxygen atoms in total. The van der Waals surface area contributed by atoms with E-state index in [1.807, 2.05) is 11.0 Å². The number of esters is 1. The van der Waals surface area contributed by atoms with Gasteiger partial charge in [-0.2, -0.15) is 13.2 Å². The van der Waals surface area contributed by atoms with Gasteiger partial charge in [-0.15, -0.1) is 0 Å². The third-order valence-electron chi connectivity index (χ3n) is 4.02. The van der Waals surface area contributed by atoms with Crippen molar-refractivity contribution in [2.75, 3.05) is 19.7 Å². The highest BCUT2D eigenvalue weighted by atomic mass is 127. The molecule has 0 saturated carbocycles. The number of ether oxygens (including phenoxy) is 1. The van der Waals surface area contributed by atoms with Crippen molar-refractivity contribution < 1.29 is 22.7 Å². The predicted octanol–water partition coefficient (Wildman–Crippen LogP) is 4.24. The standard InChI is InChI=1S/C16H19F3INO2/c1-2-23-15(22)13-5-3-4-11(14(13)20)10-21-8-6-12(7-9-21)16(17,18)19/h3-5,12H,2,6-10H2,1H3. The Labute approximate surface area is 147 Å². The average Bonchev–Trinajstić information content (AvgIpc) is 2.49. The predicted molar refractivity (Wildman–Crippen MR) is 89.2 cm³/mol. The van der Waals surface area contributed by atoms with Gasteiger partial charge < -0.3 is 4.74 Å². The van der Waals surface area contributed by atoms with Gasteiger partial charge in [-0.25, -0.2) is 4.79 Å². The summed E-state index contributed by atoms with van der Waals surface area (Å²) in [6, 6.07) is 5.39. The van der Waals surface area contributed by atoms with Gasteiger partial charge in [-0.3, -0.25) is 4.90 Å². The summed E-state index contributed by atoms with van der Waals surface area (Å²) in [7, 11) is 0. The van der Waals surface area contributed by atoms with Gasteiger partial charge in [-0.05, 0) is 67.1 Å². The van der Waals surface area contributed by atoms with Crippen molar-refractivity contribution in [2.45, 2.75) is 32.5 Å². The Balaban J connectivity index is 2.02. The number of halogens is 4. The third kappa shape index (κ3) is 4.82. The fourth-order valence-electron chi connectivity index (χ4n) is 2.73. The number of benzene rings is 1. The van der Waals surface area contributed by atoms with E-state index in [9.17, 15) is 18.0 Å². The quantitative estimate of drug-likeness (QED) is 0.517. The number of alkyl halides is 3. The molecule has 1 aliphatic heterocycles. The Hall–Kier alpha value is -0.830. The molecule has 7 heteroatoms. The van der Waals surface area contributed by atoms with Gasteiger partial charge in [0.05, 0.1) is 18.1 Å². The zero-order valence-corrected chi connectivity index (χ0v) is 15.0. The van der Waals surface area contributed by atoms with E-state index in [2.05, 4.69) is 22.6 Å². The first-order valence-electron chi connectivity index (χ1n) is 7.56. The number of nitrogens with zero attached hydrogens (tertiary/aromatic N) is 1. The third-order valence-corrected chi connectivity index (χ3v) is 5.29. The van der Waals surface area contributed by atoms with Crippen molar-refractivity contribution in [3.63, 3.8) is 0 Å². The van der Waals surface area contributed by atoms with Gasteiger partial charge >= 0.3 is 12.1 Å². The number of hydrogen-bond acceptors (Lipinski definition) is 3. The van der Waals surface area contributed by atoms with E-state index in [-0.39, 0.29) is 18.8 Å². The van der Waals surface area contributed by atoms with Crippen LogP contribution in [0.2, 0.25) is 0 Å². The van der Waals surface area contributed by atoms with Crippen LogP contribution in [-0.2, 0) is 11.3 Å². The summed E-state index contributed by atoms with van der Waals surface area (Å²) >= 11 is 2.10. The van der Waals surface area contributed by atoms with Gasteiger partial charge in [0.2, 0.25) is 0 Å². The maximum Gasteiger partial charge on any atom is 0.391 e. The molecule has 1 aromatic rings. The molecular formula is C16H19F3INO2. The van der Waals surface area contributed by atoms with Crippen LogP contribution >= 0.6 is 22.6 Å². The highest BCUT2D eigenvalue weighted by Crippen LogP contribution is 2.34. The lowest BCUT2D eigenvalue weighted by Crippen LogP contribution is -2.38. The summed E-state index contributed by atoms with van der Waals surface area (Å²) in [6.07, 6.45) is -3.82. The van der Waals surface area contributed by atoms with Crippen molar-refractivity contribution in [1.29, 1.82) is 0 Å². The Morgan fingerprint density at radius 1 is 1.35 bits per heavy atom. The first kappa shape index (κ1) is 18.5. The van der Waals surface area contributed by atoms with Crippen LogP contribution < -0.4 is 0 Å². The maximum absolute atomic E-state index is 12.7. The van der Waals surface area contributed by atoms with Crippen molar-refractivity contribution >= 4 is 28.6 Å². The number of hydrogen-bond donors (Lipinski definition) is 0. The van der Waals surface area contributed by atoms with Crippen molar-refractivity contribution in [2.24, 2.45) is 5.92 Å². The fraction of sp³-hybridized carbons (Fsp3) is 0.562. The number of piperidine rings is 1. The van der Waals surface area contributed by atoms with Crippen LogP contribution in [0.25, 0.3) is 0 Å². The molecule has 0 radical (unpaired) electrons. The van der Waals surface area contributed by atoms with Crippen LogP contribution in [0.5, 0.6) is 0 Å². The van der Waals surface area contributed by atoms with Crippen LogP contribution in [0.3, 0.4) is 0 Å². The van der Waals surface area contributed by atoms with E-state index in [4.69, 9.17) is 4.74 Å². The first-order chi connectivity index (χ1) is 10.8. The number of carbonyl (C=O) groups is 1. The largest absolute Gasteiger partial charge is 0.462 e. The van der Waals surface area contributed by atoms with Gasteiger partial charge in [0.15, 0.2) is 0 Å². The van der Waals surface area contributed by atoms with Crippen LogP contribution in [0.1, 0.15) is 35.7 Å². The number of rotatable bonds is 4. The van der Waals surface area contributed by atoms with Gasteiger partial charge in [-0.1, -0.05) is 12.1 Å². The molecule has 0 spiro atoms. The van der Waals surface area contributed by atoms with Crippen molar-refractivity contribution in [3.8, 4) is 0 Å². The number of likely N-dealkylation sites (tertiary alicyclic amines) is 1. The van der Waals surface area contributed by atoms with Gasteiger partial charge in [0.1, 0.15) is 0 Å². The summed E-state index contributed by atoms with van der Waals surface area (Å²) in [5.41, 5.74) is 1.46. The van der Waals surface area contributed by atoms with E-state index in [0.29, 0.717) is 31.8 Å². The fourth-order valence-corrected chi connectivity index (χ4v) is 3.48. The minimum absolute atomic E-state index is 0.137. The molecule has 0 aliphatic carbocycles. The minimum atomic E-state index is -4.09. The summed E-state index contributed by atoms with van der Waals surface area (Å²) in [5.74, 6) is -1.56. The normalized spacial score (nSPS) is 17.3. The van der Waals surface area contributed by atoms with Crippen molar-refractivity contribution in [1.82, 2.24) is 4.90 Å². The second-order valence-electron chi connectivity index (χ2n) is 5.59. The smallest absolute Gasteiger partial charge is 0.391 e.